The van der Waals surface area contributed by atoms with E-state index >= 15 is 0 Å². The van der Waals surface area contributed by atoms with E-state index in [1.807, 2.05) is 0 Å². The molecule has 90 valence electrons. The summed E-state index contributed by atoms with van der Waals surface area (Å²) < 4.78 is 24.2. The maximum Gasteiger partial charge on any atom is 0.345 e. The van der Waals surface area contributed by atoms with Gasteiger partial charge in [-0.05, 0) is 18.7 Å². The fraction of sp³-hybridized carbons (Fsp3) is 0.444. The average Bonchev–Trinajstić information content (AvgIpc) is 2.61. The smallest absolute Gasteiger partial charge is 0.345 e. The maximum absolute atomic E-state index is 11.8. The SMILES string of the molecule is CCCS(=O)(=O)c1cc(C(=O)O)sc1SC. The molecule has 1 rings (SSSR count). The lowest BCUT2D eigenvalue weighted by Gasteiger charge is -2.01. The molecular formula is C9H12O4S3. The highest BCUT2D eigenvalue weighted by Crippen LogP contribution is 2.34. The lowest BCUT2D eigenvalue weighted by atomic mass is 10.5. The zero-order valence-electron chi connectivity index (χ0n) is 8.89. The van der Waals surface area contributed by atoms with Crippen LogP contribution < -0.4 is 0 Å². The van der Waals surface area contributed by atoms with Gasteiger partial charge in [0, 0.05) is 0 Å². The molecule has 1 aromatic rings. The van der Waals surface area contributed by atoms with Gasteiger partial charge in [-0.15, -0.1) is 23.1 Å². The van der Waals surface area contributed by atoms with Crippen LogP contribution in [0.4, 0.5) is 0 Å². The molecule has 0 aliphatic heterocycles. The number of carbonyl (C=O) groups is 1. The van der Waals surface area contributed by atoms with Gasteiger partial charge in [-0.1, -0.05) is 6.92 Å². The zero-order valence-corrected chi connectivity index (χ0v) is 11.3. The Morgan fingerprint density at radius 2 is 2.19 bits per heavy atom. The standard InChI is InChI=1S/C9H12O4S3/c1-3-4-16(12,13)7-5-6(8(10)11)15-9(7)14-2/h5H,3-4H2,1-2H3,(H,10,11). The summed E-state index contributed by atoms with van der Waals surface area (Å²) in [6, 6.07) is 1.25. The Morgan fingerprint density at radius 1 is 1.56 bits per heavy atom. The van der Waals surface area contributed by atoms with E-state index < -0.39 is 15.8 Å². The minimum atomic E-state index is -3.34. The summed E-state index contributed by atoms with van der Waals surface area (Å²) in [4.78, 5) is 11.0. The van der Waals surface area contributed by atoms with E-state index in [1.54, 1.807) is 13.2 Å². The first kappa shape index (κ1) is 13.5. The largest absolute Gasteiger partial charge is 0.477 e. The van der Waals surface area contributed by atoms with Gasteiger partial charge in [0.2, 0.25) is 0 Å². The molecule has 0 aromatic carbocycles. The molecule has 0 aliphatic carbocycles. The maximum atomic E-state index is 11.8. The second-order valence-electron chi connectivity index (χ2n) is 3.09. The highest BCUT2D eigenvalue weighted by Gasteiger charge is 2.23. The van der Waals surface area contributed by atoms with Gasteiger partial charge in [-0.3, -0.25) is 0 Å². The molecule has 0 radical (unpaired) electrons. The summed E-state index contributed by atoms with van der Waals surface area (Å²) in [5, 5.41) is 8.82. The number of rotatable bonds is 5. The Morgan fingerprint density at radius 3 is 2.62 bits per heavy atom. The predicted molar refractivity (Wildman–Crippen MR) is 65.4 cm³/mol. The molecule has 4 nitrogen and oxygen atoms in total. The third-order valence-corrected chi connectivity index (χ3v) is 6.32. The number of hydrogen-bond acceptors (Lipinski definition) is 5. The van der Waals surface area contributed by atoms with Crippen LogP contribution in [-0.4, -0.2) is 31.5 Å². The number of carboxylic acids is 1. The summed E-state index contributed by atoms with van der Waals surface area (Å²) in [7, 11) is -3.34. The van der Waals surface area contributed by atoms with Crippen molar-refractivity contribution in [1.82, 2.24) is 0 Å². The number of sulfone groups is 1. The van der Waals surface area contributed by atoms with Crippen LogP contribution in [0, 0.1) is 0 Å². The van der Waals surface area contributed by atoms with E-state index in [0.29, 0.717) is 10.6 Å². The third-order valence-electron chi connectivity index (χ3n) is 1.87. The quantitative estimate of drug-likeness (QED) is 0.838. The Bertz CT molecular complexity index is 487. The minimum Gasteiger partial charge on any atom is -0.477 e. The van der Waals surface area contributed by atoms with Gasteiger partial charge in [0.1, 0.15) is 4.88 Å². The van der Waals surface area contributed by atoms with E-state index in [0.717, 1.165) is 11.3 Å². The number of hydrogen-bond donors (Lipinski definition) is 1. The average molecular weight is 280 g/mol. The number of thiophene rings is 1. The fourth-order valence-electron chi connectivity index (χ4n) is 1.20. The molecule has 7 heteroatoms. The predicted octanol–water partition coefficient (Wildman–Crippen LogP) is 2.35. The van der Waals surface area contributed by atoms with Crippen molar-refractivity contribution in [2.45, 2.75) is 22.4 Å². The number of aromatic carboxylic acids is 1. The fourth-order valence-corrected chi connectivity index (χ4v) is 5.21. The molecule has 1 aromatic heterocycles. The molecule has 16 heavy (non-hydrogen) atoms. The third kappa shape index (κ3) is 2.78. The Kier molecular flexibility index (Phi) is 4.40. The molecular weight excluding hydrogens is 268 g/mol. The van der Waals surface area contributed by atoms with Gasteiger partial charge in [0.05, 0.1) is 14.9 Å². The summed E-state index contributed by atoms with van der Waals surface area (Å²) in [5.41, 5.74) is 0. The number of carboxylic acid groups (broad SMARTS) is 1. The highest BCUT2D eigenvalue weighted by molar-refractivity contribution is 8.01. The Balaban J connectivity index is 3.27. The zero-order chi connectivity index (χ0) is 12.3. The molecule has 0 spiro atoms. The van der Waals surface area contributed by atoms with E-state index in [1.165, 1.54) is 17.8 Å². The topological polar surface area (TPSA) is 71.4 Å². The van der Waals surface area contributed by atoms with Gasteiger partial charge in [-0.25, -0.2) is 13.2 Å². The Labute approximate surface area is 103 Å². The second-order valence-corrected chi connectivity index (χ2v) is 7.30. The van der Waals surface area contributed by atoms with Crippen LogP contribution in [0.15, 0.2) is 15.2 Å². The lowest BCUT2D eigenvalue weighted by molar-refractivity contribution is 0.0702. The van der Waals surface area contributed by atoms with Crippen molar-refractivity contribution in [3.63, 3.8) is 0 Å². The summed E-state index contributed by atoms with van der Waals surface area (Å²) >= 11 is 2.27. The molecule has 1 heterocycles. The molecule has 0 atom stereocenters. The van der Waals surface area contributed by atoms with E-state index in [9.17, 15) is 13.2 Å². The van der Waals surface area contributed by atoms with Crippen molar-refractivity contribution in [2.24, 2.45) is 0 Å². The van der Waals surface area contributed by atoms with E-state index in [4.69, 9.17) is 5.11 Å². The molecule has 0 aliphatic rings. The van der Waals surface area contributed by atoms with Crippen molar-refractivity contribution in [2.75, 3.05) is 12.0 Å². The van der Waals surface area contributed by atoms with Crippen molar-refractivity contribution < 1.29 is 18.3 Å². The van der Waals surface area contributed by atoms with Gasteiger partial charge in [0.25, 0.3) is 0 Å². The molecule has 0 saturated carbocycles. The van der Waals surface area contributed by atoms with Crippen molar-refractivity contribution in [3.8, 4) is 0 Å². The van der Waals surface area contributed by atoms with Crippen LogP contribution in [-0.2, 0) is 9.84 Å². The van der Waals surface area contributed by atoms with Crippen molar-refractivity contribution in [3.05, 3.63) is 10.9 Å². The number of thioether (sulfide) groups is 1. The van der Waals surface area contributed by atoms with Gasteiger partial charge in [-0.2, -0.15) is 0 Å². The first-order valence-electron chi connectivity index (χ1n) is 4.56. The minimum absolute atomic E-state index is 0.0519. The van der Waals surface area contributed by atoms with Crippen LogP contribution in [0.1, 0.15) is 23.0 Å². The van der Waals surface area contributed by atoms with Crippen molar-refractivity contribution in [1.29, 1.82) is 0 Å². The van der Waals surface area contributed by atoms with Crippen molar-refractivity contribution >= 4 is 38.9 Å². The van der Waals surface area contributed by atoms with Gasteiger partial charge >= 0.3 is 5.97 Å². The molecule has 0 fully saturated rings. The normalized spacial score (nSPS) is 11.6. The lowest BCUT2D eigenvalue weighted by Crippen LogP contribution is -2.05. The second kappa shape index (κ2) is 5.20. The molecule has 0 amide bonds. The van der Waals surface area contributed by atoms with Crippen LogP contribution in [0.5, 0.6) is 0 Å². The molecule has 1 N–H and O–H groups in total. The van der Waals surface area contributed by atoms with Crippen LogP contribution in [0.3, 0.4) is 0 Å². The van der Waals surface area contributed by atoms with Crippen LogP contribution >= 0.6 is 23.1 Å². The highest BCUT2D eigenvalue weighted by atomic mass is 32.2. The van der Waals surface area contributed by atoms with Gasteiger partial charge in [0.15, 0.2) is 9.84 Å². The molecule has 0 bridgehead atoms. The molecule has 0 unspecified atom stereocenters. The first-order valence-corrected chi connectivity index (χ1v) is 8.25. The van der Waals surface area contributed by atoms with E-state index in [2.05, 4.69) is 0 Å². The summed E-state index contributed by atoms with van der Waals surface area (Å²) in [6.07, 6.45) is 2.26. The summed E-state index contributed by atoms with van der Waals surface area (Å²) in [6.45, 7) is 1.78. The van der Waals surface area contributed by atoms with Gasteiger partial charge < -0.3 is 5.11 Å². The molecule has 0 saturated heterocycles. The summed E-state index contributed by atoms with van der Waals surface area (Å²) in [5.74, 6) is -1.03. The first-order chi connectivity index (χ1) is 7.42. The monoisotopic (exact) mass is 280 g/mol. The Hall–Kier alpha value is -0.530. The van der Waals surface area contributed by atoms with E-state index in [-0.39, 0.29) is 15.5 Å². The van der Waals surface area contributed by atoms with Crippen LogP contribution in [0.25, 0.3) is 0 Å². The van der Waals surface area contributed by atoms with Crippen LogP contribution in [0.2, 0.25) is 0 Å².